The highest BCUT2D eigenvalue weighted by molar-refractivity contribution is 9.10. The van der Waals surface area contributed by atoms with Crippen LogP contribution in [-0.2, 0) is 4.74 Å². The molecule has 2 nitrogen and oxygen atoms in total. The Morgan fingerprint density at radius 3 is 3.06 bits per heavy atom. The average molecular weight is 304 g/mol. The number of hydrogen-bond donors (Lipinski definition) is 1. The predicted molar refractivity (Wildman–Crippen MR) is 74.1 cm³/mol. The van der Waals surface area contributed by atoms with Gasteiger partial charge in [0, 0.05) is 27.3 Å². The van der Waals surface area contributed by atoms with Crippen molar-refractivity contribution < 1.29 is 4.74 Å². The molecule has 0 aliphatic rings. The molecule has 1 rings (SSSR count). The summed E-state index contributed by atoms with van der Waals surface area (Å²) in [4.78, 5) is 1.35. The fourth-order valence-corrected chi connectivity index (χ4v) is 2.75. The molecule has 0 bridgehead atoms. The number of halogens is 1. The maximum atomic E-state index is 5.43. The monoisotopic (exact) mass is 303 g/mol. The van der Waals surface area contributed by atoms with Gasteiger partial charge >= 0.3 is 0 Å². The topological polar surface area (TPSA) is 21.3 Å². The Hall–Kier alpha value is -0.160. The van der Waals surface area contributed by atoms with Crippen LogP contribution >= 0.6 is 27.3 Å². The van der Waals surface area contributed by atoms with Crippen LogP contribution in [0.2, 0.25) is 0 Å². The molecule has 0 aliphatic heterocycles. The molecule has 0 aromatic carbocycles. The summed E-state index contributed by atoms with van der Waals surface area (Å²) < 4.78 is 6.58. The van der Waals surface area contributed by atoms with Gasteiger partial charge in [0.05, 0.1) is 13.2 Å². The van der Waals surface area contributed by atoms with E-state index < -0.39 is 0 Å². The molecule has 16 heavy (non-hydrogen) atoms. The Kier molecular flexibility index (Phi) is 6.96. The lowest BCUT2D eigenvalue weighted by atomic mass is 10.3. The third-order valence-corrected chi connectivity index (χ3v) is 4.05. The van der Waals surface area contributed by atoms with E-state index in [9.17, 15) is 0 Å². The molecule has 0 saturated carbocycles. The van der Waals surface area contributed by atoms with Crippen molar-refractivity contribution >= 4 is 27.3 Å². The molecule has 1 aromatic rings. The minimum absolute atomic E-state index is 0.388. The molecule has 0 saturated heterocycles. The second-order valence-electron chi connectivity index (χ2n) is 3.53. The third-order valence-electron chi connectivity index (χ3n) is 2.18. The minimum Gasteiger partial charge on any atom is -0.380 e. The summed E-state index contributed by atoms with van der Waals surface area (Å²) in [5, 5.41) is 5.53. The van der Waals surface area contributed by atoms with E-state index in [0.717, 1.165) is 30.7 Å². The molecule has 0 amide bonds. The van der Waals surface area contributed by atoms with E-state index in [2.05, 4.69) is 46.2 Å². The zero-order valence-electron chi connectivity index (χ0n) is 9.54. The summed E-state index contributed by atoms with van der Waals surface area (Å²) in [5.41, 5.74) is 0. The predicted octanol–water partition coefficient (Wildman–Crippen LogP) is 3.75. The molecule has 4 heteroatoms. The highest BCUT2D eigenvalue weighted by Crippen LogP contribution is 2.24. The van der Waals surface area contributed by atoms with Crippen LogP contribution in [0.4, 0.5) is 0 Å². The van der Waals surface area contributed by atoms with E-state index in [1.807, 2.05) is 6.08 Å². The smallest absolute Gasteiger partial charge is 0.0591 e. The van der Waals surface area contributed by atoms with Crippen molar-refractivity contribution in [2.24, 2.45) is 0 Å². The van der Waals surface area contributed by atoms with Crippen molar-refractivity contribution in [2.45, 2.75) is 19.4 Å². The van der Waals surface area contributed by atoms with Gasteiger partial charge in [0.25, 0.3) is 0 Å². The molecule has 0 radical (unpaired) electrons. The lowest BCUT2D eigenvalue weighted by Gasteiger charge is -2.11. The van der Waals surface area contributed by atoms with Crippen molar-refractivity contribution in [1.29, 1.82) is 0 Å². The molecular weight excluding hydrogens is 286 g/mol. The van der Waals surface area contributed by atoms with Gasteiger partial charge in [0.15, 0.2) is 0 Å². The molecule has 1 atom stereocenters. The largest absolute Gasteiger partial charge is 0.380 e. The first-order valence-corrected chi connectivity index (χ1v) is 7.07. The zero-order chi connectivity index (χ0) is 11.8. The number of thiophene rings is 1. The first-order valence-electron chi connectivity index (χ1n) is 5.40. The van der Waals surface area contributed by atoms with E-state index >= 15 is 0 Å². The third kappa shape index (κ3) is 5.25. The van der Waals surface area contributed by atoms with Gasteiger partial charge < -0.3 is 10.1 Å². The molecule has 1 aromatic heterocycles. The summed E-state index contributed by atoms with van der Waals surface area (Å²) in [6.07, 6.45) is 2.80. The summed E-state index contributed by atoms with van der Waals surface area (Å²) in [5.74, 6) is 0. The van der Waals surface area contributed by atoms with Gasteiger partial charge in [-0.15, -0.1) is 17.9 Å². The maximum Gasteiger partial charge on any atom is 0.0591 e. The number of ether oxygens (including phenoxy) is 1. The van der Waals surface area contributed by atoms with Gasteiger partial charge in [-0.05, 0) is 35.3 Å². The van der Waals surface area contributed by atoms with Crippen LogP contribution in [0, 0.1) is 0 Å². The molecule has 0 aliphatic carbocycles. The van der Waals surface area contributed by atoms with Crippen LogP contribution in [-0.4, -0.2) is 19.8 Å². The van der Waals surface area contributed by atoms with Gasteiger partial charge in [0.1, 0.15) is 0 Å². The first kappa shape index (κ1) is 13.9. The second-order valence-corrected chi connectivity index (χ2v) is 5.39. The Labute approximate surface area is 110 Å². The fraction of sp³-hybridized carbons (Fsp3) is 0.500. The summed E-state index contributed by atoms with van der Waals surface area (Å²) in [6, 6.07) is 2.54. The van der Waals surface area contributed by atoms with Crippen molar-refractivity contribution in [2.75, 3.05) is 19.8 Å². The molecule has 90 valence electrons. The lowest BCUT2D eigenvalue weighted by Crippen LogP contribution is -2.22. The summed E-state index contributed by atoms with van der Waals surface area (Å²) in [7, 11) is 0. The standard InChI is InChI=1S/C12H18BrNOS/c1-3-4-6-15-7-5-14-10(2)12-8-11(13)9-16-12/h3,8-10,14H,1,4-7H2,2H3. The number of hydrogen-bond acceptors (Lipinski definition) is 3. The normalized spacial score (nSPS) is 12.6. The Morgan fingerprint density at radius 1 is 1.62 bits per heavy atom. The number of nitrogens with one attached hydrogen (secondary N) is 1. The van der Waals surface area contributed by atoms with E-state index in [-0.39, 0.29) is 0 Å². The van der Waals surface area contributed by atoms with Gasteiger partial charge in [0.2, 0.25) is 0 Å². The first-order chi connectivity index (χ1) is 7.74. The Bertz CT molecular complexity index is 314. The maximum absolute atomic E-state index is 5.43. The molecule has 0 spiro atoms. The molecule has 1 N–H and O–H groups in total. The van der Waals surface area contributed by atoms with Gasteiger partial charge in [-0.2, -0.15) is 0 Å². The minimum atomic E-state index is 0.388. The van der Waals surface area contributed by atoms with Crippen LogP contribution in [0.5, 0.6) is 0 Å². The second kappa shape index (κ2) is 8.01. The van der Waals surface area contributed by atoms with Crippen LogP contribution in [0.25, 0.3) is 0 Å². The Balaban J connectivity index is 2.11. The van der Waals surface area contributed by atoms with Crippen molar-refractivity contribution in [3.05, 3.63) is 33.5 Å². The van der Waals surface area contributed by atoms with Gasteiger partial charge in [-0.3, -0.25) is 0 Å². The van der Waals surface area contributed by atoms with Gasteiger partial charge in [-0.25, -0.2) is 0 Å². The van der Waals surface area contributed by atoms with Crippen LogP contribution < -0.4 is 5.32 Å². The van der Waals surface area contributed by atoms with Crippen molar-refractivity contribution in [3.8, 4) is 0 Å². The average Bonchev–Trinajstić information content (AvgIpc) is 2.70. The molecule has 0 fully saturated rings. The summed E-state index contributed by atoms with van der Waals surface area (Å²) >= 11 is 5.23. The highest BCUT2D eigenvalue weighted by Gasteiger charge is 2.06. The SMILES string of the molecule is C=CCCOCCNC(C)c1cc(Br)cs1. The van der Waals surface area contributed by atoms with E-state index in [1.54, 1.807) is 11.3 Å². The molecule has 1 unspecified atom stereocenters. The summed E-state index contributed by atoms with van der Waals surface area (Å²) in [6.45, 7) is 8.22. The Morgan fingerprint density at radius 2 is 2.44 bits per heavy atom. The zero-order valence-corrected chi connectivity index (χ0v) is 11.9. The fourth-order valence-electron chi connectivity index (χ4n) is 1.27. The number of rotatable bonds is 8. The van der Waals surface area contributed by atoms with E-state index in [1.165, 1.54) is 4.88 Å². The van der Waals surface area contributed by atoms with Crippen LogP contribution in [0.3, 0.4) is 0 Å². The molecular formula is C12H18BrNOS. The van der Waals surface area contributed by atoms with Crippen molar-refractivity contribution in [3.63, 3.8) is 0 Å². The molecule has 1 heterocycles. The van der Waals surface area contributed by atoms with E-state index in [4.69, 9.17) is 4.74 Å². The van der Waals surface area contributed by atoms with Crippen molar-refractivity contribution in [1.82, 2.24) is 5.32 Å². The van der Waals surface area contributed by atoms with E-state index in [0.29, 0.717) is 6.04 Å². The van der Waals surface area contributed by atoms with Crippen LogP contribution in [0.15, 0.2) is 28.6 Å². The lowest BCUT2D eigenvalue weighted by molar-refractivity contribution is 0.139. The van der Waals surface area contributed by atoms with Gasteiger partial charge in [-0.1, -0.05) is 6.08 Å². The highest BCUT2D eigenvalue weighted by atomic mass is 79.9. The quantitative estimate of drug-likeness (QED) is 0.583. The van der Waals surface area contributed by atoms with Crippen LogP contribution in [0.1, 0.15) is 24.3 Å².